The van der Waals surface area contributed by atoms with Crippen LogP contribution in [-0.2, 0) is 0 Å². The summed E-state index contributed by atoms with van der Waals surface area (Å²) >= 11 is 2.09. The molecule has 0 bridgehead atoms. The van der Waals surface area contributed by atoms with Crippen molar-refractivity contribution in [3.05, 3.63) is 0 Å². The standard InChI is InChI=1S/C13H27NS/c1-4-14-13-9-8-12(11(13)3)7-6-10-15-5-2/h11-14H,4-10H2,1-3H3. The van der Waals surface area contributed by atoms with Crippen molar-refractivity contribution in [2.45, 2.75) is 52.5 Å². The first-order valence-corrected chi connectivity index (χ1v) is 7.76. The molecule has 0 amide bonds. The summed E-state index contributed by atoms with van der Waals surface area (Å²) in [5.41, 5.74) is 0. The minimum Gasteiger partial charge on any atom is -0.314 e. The van der Waals surface area contributed by atoms with Crippen LogP contribution >= 0.6 is 11.8 Å². The maximum atomic E-state index is 3.62. The molecule has 0 aliphatic heterocycles. The molecule has 1 N–H and O–H groups in total. The van der Waals surface area contributed by atoms with Gasteiger partial charge in [-0.1, -0.05) is 20.8 Å². The van der Waals surface area contributed by atoms with Crippen molar-refractivity contribution in [3.8, 4) is 0 Å². The van der Waals surface area contributed by atoms with Gasteiger partial charge in [0, 0.05) is 6.04 Å². The molecule has 0 aromatic heterocycles. The molecular formula is C13H27NS. The van der Waals surface area contributed by atoms with Gasteiger partial charge in [-0.05, 0) is 55.6 Å². The van der Waals surface area contributed by atoms with E-state index in [1.165, 1.54) is 37.2 Å². The molecule has 1 fully saturated rings. The van der Waals surface area contributed by atoms with Gasteiger partial charge in [-0.2, -0.15) is 11.8 Å². The highest BCUT2D eigenvalue weighted by Gasteiger charge is 2.31. The van der Waals surface area contributed by atoms with Gasteiger partial charge in [-0.25, -0.2) is 0 Å². The van der Waals surface area contributed by atoms with Crippen molar-refractivity contribution >= 4 is 11.8 Å². The van der Waals surface area contributed by atoms with E-state index in [0.29, 0.717) is 0 Å². The molecular weight excluding hydrogens is 202 g/mol. The monoisotopic (exact) mass is 229 g/mol. The molecule has 0 aromatic rings. The zero-order valence-corrected chi connectivity index (χ0v) is 11.4. The molecule has 1 nitrogen and oxygen atoms in total. The van der Waals surface area contributed by atoms with Crippen molar-refractivity contribution in [3.63, 3.8) is 0 Å². The van der Waals surface area contributed by atoms with Crippen LogP contribution in [0.1, 0.15) is 46.5 Å². The second-order valence-electron chi connectivity index (χ2n) is 4.70. The Hall–Kier alpha value is 0.310. The topological polar surface area (TPSA) is 12.0 Å². The van der Waals surface area contributed by atoms with E-state index in [2.05, 4.69) is 37.8 Å². The van der Waals surface area contributed by atoms with Crippen molar-refractivity contribution in [2.75, 3.05) is 18.1 Å². The van der Waals surface area contributed by atoms with Crippen LogP contribution < -0.4 is 5.32 Å². The SMILES string of the molecule is CCNC1CCC(CCCSCC)C1C. The summed E-state index contributed by atoms with van der Waals surface area (Å²) in [6.07, 6.45) is 5.73. The Balaban J connectivity index is 2.15. The Morgan fingerprint density at radius 3 is 2.73 bits per heavy atom. The van der Waals surface area contributed by atoms with Crippen molar-refractivity contribution in [2.24, 2.45) is 11.8 Å². The lowest BCUT2D eigenvalue weighted by molar-refractivity contribution is 0.339. The zero-order chi connectivity index (χ0) is 11.1. The van der Waals surface area contributed by atoms with Gasteiger partial charge in [0.1, 0.15) is 0 Å². The van der Waals surface area contributed by atoms with Gasteiger partial charge in [-0.3, -0.25) is 0 Å². The molecule has 1 aliphatic carbocycles. The lowest BCUT2D eigenvalue weighted by atomic mass is 9.92. The minimum absolute atomic E-state index is 0.804. The predicted octanol–water partition coefficient (Wildman–Crippen LogP) is 3.54. The third-order valence-electron chi connectivity index (χ3n) is 3.76. The third-order valence-corrected chi connectivity index (χ3v) is 4.75. The highest BCUT2D eigenvalue weighted by atomic mass is 32.2. The van der Waals surface area contributed by atoms with E-state index in [0.717, 1.165) is 24.4 Å². The van der Waals surface area contributed by atoms with E-state index in [1.807, 2.05) is 0 Å². The maximum absolute atomic E-state index is 3.62. The molecule has 15 heavy (non-hydrogen) atoms. The van der Waals surface area contributed by atoms with Crippen LogP contribution in [-0.4, -0.2) is 24.1 Å². The average molecular weight is 229 g/mol. The third kappa shape index (κ3) is 4.36. The maximum Gasteiger partial charge on any atom is 0.00953 e. The summed E-state index contributed by atoms with van der Waals surface area (Å²) < 4.78 is 0. The van der Waals surface area contributed by atoms with E-state index in [4.69, 9.17) is 0 Å². The molecule has 1 saturated carbocycles. The summed E-state index contributed by atoms with van der Waals surface area (Å²) in [6.45, 7) is 8.05. The van der Waals surface area contributed by atoms with Crippen LogP contribution in [0.5, 0.6) is 0 Å². The van der Waals surface area contributed by atoms with Crippen LogP contribution in [0.25, 0.3) is 0 Å². The molecule has 3 unspecified atom stereocenters. The number of thioether (sulfide) groups is 1. The highest BCUT2D eigenvalue weighted by molar-refractivity contribution is 7.99. The first-order valence-electron chi connectivity index (χ1n) is 6.60. The summed E-state index contributed by atoms with van der Waals surface area (Å²) in [4.78, 5) is 0. The van der Waals surface area contributed by atoms with E-state index in [1.54, 1.807) is 0 Å². The van der Waals surface area contributed by atoms with Gasteiger partial charge in [-0.15, -0.1) is 0 Å². The lowest BCUT2D eigenvalue weighted by Crippen LogP contribution is -2.32. The number of rotatable bonds is 7. The smallest absolute Gasteiger partial charge is 0.00953 e. The van der Waals surface area contributed by atoms with E-state index in [9.17, 15) is 0 Å². The van der Waals surface area contributed by atoms with Gasteiger partial charge in [0.2, 0.25) is 0 Å². The van der Waals surface area contributed by atoms with Crippen molar-refractivity contribution < 1.29 is 0 Å². The molecule has 90 valence electrons. The fraction of sp³-hybridized carbons (Fsp3) is 1.00. The van der Waals surface area contributed by atoms with Gasteiger partial charge in [0.05, 0.1) is 0 Å². The molecule has 0 aromatic carbocycles. The molecule has 3 atom stereocenters. The summed E-state index contributed by atoms with van der Waals surface area (Å²) in [5.74, 6) is 4.54. The van der Waals surface area contributed by atoms with Crippen molar-refractivity contribution in [1.29, 1.82) is 0 Å². The largest absolute Gasteiger partial charge is 0.314 e. The van der Waals surface area contributed by atoms with Crippen LogP contribution in [0.2, 0.25) is 0 Å². The first kappa shape index (κ1) is 13.4. The first-order chi connectivity index (χ1) is 7.29. The fourth-order valence-electron chi connectivity index (χ4n) is 2.80. The Labute approximate surface area is 99.8 Å². The predicted molar refractivity (Wildman–Crippen MR) is 71.6 cm³/mol. The van der Waals surface area contributed by atoms with Gasteiger partial charge in [0.25, 0.3) is 0 Å². The second kappa shape index (κ2) is 7.56. The molecule has 2 heteroatoms. The quantitative estimate of drug-likeness (QED) is 0.670. The lowest BCUT2D eigenvalue weighted by Gasteiger charge is -2.21. The van der Waals surface area contributed by atoms with E-state index >= 15 is 0 Å². The van der Waals surface area contributed by atoms with Gasteiger partial charge in [0.15, 0.2) is 0 Å². The Kier molecular flexibility index (Phi) is 6.74. The zero-order valence-electron chi connectivity index (χ0n) is 10.6. The molecule has 0 spiro atoms. The van der Waals surface area contributed by atoms with E-state index in [-0.39, 0.29) is 0 Å². The normalized spacial score (nSPS) is 31.0. The highest BCUT2D eigenvalue weighted by Crippen LogP contribution is 2.35. The van der Waals surface area contributed by atoms with Gasteiger partial charge < -0.3 is 5.32 Å². The number of nitrogens with one attached hydrogen (secondary N) is 1. The summed E-state index contributed by atoms with van der Waals surface area (Å²) in [6, 6.07) is 0.804. The average Bonchev–Trinajstić information content (AvgIpc) is 2.57. The van der Waals surface area contributed by atoms with Gasteiger partial charge >= 0.3 is 0 Å². The number of hydrogen-bond donors (Lipinski definition) is 1. The minimum atomic E-state index is 0.804. The van der Waals surface area contributed by atoms with Crippen LogP contribution in [0.15, 0.2) is 0 Å². The Morgan fingerprint density at radius 2 is 2.07 bits per heavy atom. The Morgan fingerprint density at radius 1 is 1.27 bits per heavy atom. The summed E-state index contributed by atoms with van der Waals surface area (Å²) in [7, 11) is 0. The summed E-state index contributed by atoms with van der Waals surface area (Å²) in [5, 5.41) is 3.62. The molecule has 1 rings (SSSR count). The van der Waals surface area contributed by atoms with Crippen LogP contribution in [0.4, 0.5) is 0 Å². The number of hydrogen-bond acceptors (Lipinski definition) is 2. The van der Waals surface area contributed by atoms with E-state index < -0.39 is 0 Å². The van der Waals surface area contributed by atoms with Crippen LogP contribution in [0.3, 0.4) is 0 Å². The fourth-order valence-corrected chi connectivity index (χ4v) is 3.46. The Bertz CT molecular complexity index is 161. The molecule has 0 saturated heterocycles. The van der Waals surface area contributed by atoms with Crippen LogP contribution in [0, 0.1) is 11.8 Å². The second-order valence-corrected chi connectivity index (χ2v) is 6.09. The molecule has 0 heterocycles. The molecule has 1 aliphatic rings. The molecule has 0 radical (unpaired) electrons. The van der Waals surface area contributed by atoms with Crippen molar-refractivity contribution in [1.82, 2.24) is 5.32 Å².